The first-order valence-corrected chi connectivity index (χ1v) is 27.6. The second-order valence-electron chi connectivity index (χ2n) is 20.2. The van der Waals surface area contributed by atoms with Crippen LogP contribution in [0.3, 0.4) is 0 Å². The van der Waals surface area contributed by atoms with Gasteiger partial charge in [0.05, 0.1) is 12.2 Å². The van der Waals surface area contributed by atoms with E-state index >= 15 is 0 Å². The Balaban J connectivity index is 2.66. The Morgan fingerprint density at radius 2 is 1.11 bits per heavy atom. The largest absolute Gasteiger partial charge is 0.391 e. The summed E-state index contributed by atoms with van der Waals surface area (Å²) in [7, 11) is 0. The molecule has 0 aliphatic carbocycles. The van der Waals surface area contributed by atoms with Crippen LogP contribution < -0.4 is 81.4 Å². The summed E-state index contributed by atoms with van der Waals surface area (Å²) in [5.74, 6) is -8.37. The molecule has 0 spiro atoms. The van der Waals surface area contributed by atoms with Gasteiger partial charge in [0.15, 0.2) is 0 Å². The molecule has 2 rings (SSSR count). The highest BCUT2D eigenvalue weighted by molar-refractivity contribution is 5.99. The topological polar surface area (TPSA) is 448 Å². The summed E-state index contributed by atoms with van der Waals surface area (Å²) in [5, 5.41) is 49.5. The summed E-state index contributed by atoms with van der Waals surface area (Å²) in [4.78, 5) is 139. The summed E-state index contributed by atoms with van der Waals surface area (Å²) in [6, 6.07) is -5.30. The molecule has 0 saturated carbocycles. The van der Waals surface area contributed by atoms with Gasteiger partial charge in [-0.15, -0.1) is 0 Å². The average Bonchev–Trinajstić information content (AvgIpc) is 3.40. The molecule has 0 aromatic heterocycles. The maximum absolute atomic E-state index is 14.4. The third kappa shape index (κ3) is 25.4. The molecule has 1 heterocycles. The van der Waals surface area contributed by atoms with Crippen molar-refractivity contribution in [3.05, 3.63) is 35.9 Å². The average molecular weight is 1120 g/mol. The van der Waals surface area contributed by atoms with E-state index in [9.17, 15) is 58.2 Å². The van der Waals surface area contributed by atoms with Crippen molar-refractivity contribution in [1.29, 1.82) is 0 Å². The standard InChI is InChI=1S/C52H91N15O12/c1-6-7-8-9-10-14-26-58-52(79)67-42(32(5)69)51(78)63-36(19-24-55)44(71)62-38-21-27-57-50(77)41(31(4)68)66-47(74)37(20-25-56)60-43(70)34(17-22-53)61-48(75)39(28-30(2)3)64-49(76)40(29-33-15-12-11-13-16-33)65-45(72)35(18-23-54)59-46(38)73/h11-13,15-16,30-32,34-42,68-69H,6-10,14,17-29,53-56H2,1-5H3,(H,57,77)(H,59,73)(H,60,70)(H,61,75)(H,62,71)(H,63,78)(H,64,76)(H,65,72)(H,66,74)(H2,58,67,79)/t31-,32-,34+,35+,36+,37+,38+,39+,40-,41+,42+/m1/s1. The molecule has 0 bridgehead atoms. The van der Waals surface area contributed by atoms with E-state index in [0.29, 0.717) is 18.5 Å². The number of benzene rings is 1. The second-order valence-corrected chi connectivity index (χ2v) is 20.2. The van der Waals surface area contributed by atoms with Crippen LogP contribution in [0.2, 0.25) is 0 Å². The van der Waals surface area contributed by atoms with Crippen molar-refractivity contribution in [2.45, 2.75) is 185 Å². The first-order chi connectivity index (χ1) is 37.6. The van der Waals surface area contributed by atoms with Gasteiger partial charge in [-0.05, 0) is 96.5 Å². The van der Waals surface area contributed by atoms with Crippen LogP contribution in [0.5, 0.6) is 0 Å². The molecule has 21 N–H and O–H groups in total. The van der Waals surface area contributed by atoms with E-state index in [-0.39, 0.29) is 70.6 Å². The Bertz CT molecular complexity index is 2100. The maximum Gasteiger partial charge on any atom is 0.315 e. The highest BCUT2D eigenvalue weighted by Gasteiger charge is 2.37. The van der Waals surface area contributed by atoms with Crippen molar-refractivity contribution < 1.29 is 58.2 Å². The molecule has 11 amide bonds. The molecule has 0 radical (unpaired) electrons. The van der Waals surface area contributed by atoms with E-state index in [0.717, 1.165) is 32.1 Å². The molecular formula is C52H91N15O12. The van der Waals surface area contributed by atoms with Crippen molar-refractivity contribution in [1.82, 2.24) is 58.5 Å². The van der Waals surface area contributed by atoms with Crippen LogP contribution in [0.15, 0.2) is 30.3 Å². The zero-order valence-corrected chi connectivity index (χ0v) is 46.5. The molecule has 27 nitrogen and oxygen atoms in total. The van der Waals surface area contributed by atoms with Gasteiger partial charge in [-0.3, -0.25) is 43.2 Å². The third-order valence-corrected chi connectivity index (χ3v) is 12.9. The minimum absolute atomic E-state index is 0.0604. The molecule has 1 aromatic carbocycles. The van der Waals surface area contributed by atoms with Crippen molar-refractivity contribution in [3.8, 4) is 0 Å². The predicted molar refractivity (Wildman–Crippen MR) is 294 cm³/mol. The SMILES string of the molecule is CCCCCCCCNC(=O)N[C@H](C(=O)N[C@@H](CCN)C(=O)N[C@H]1CCNC(=O)[C@H]([C@@H](C)O)NC(=O)[C@H](CCN)NC(=O)[C@H](CCN)NC(=O)[C@H](CC(C)C)NC(=O)[C@@H](Cc2ccccc2)NC(=O)[C@H](CCN)NC1=O)[C@@H](C)O. The monoisotopic (exact) mass is 1120 g/mol. The zero-order chi connectivity index (χ0) is 59.0. The Kier molecular flexibility index (Phi) is 32.4. The number of urea groups is 1. The van der Waals surface area contributed by atoms with Crippen molar-refractivity contribution in [2.24, 2.45) is 28.9 Å². The van der Waals surface area contributed by atoms with Gasteiger partial charge < -0.3 is 91.6 Å². The van der Waals surface area contributed by atoms with Crippen molar-refractivity contribution in [3.63, 3.8) is 0 Å². The summed E-state index contributed by atoms with van der Waals surface area (Å²) >= 11 is 0. The Morgan fingerprint density at radius 3 is 1.65 bits per heavy atom. The number of aliphatic hydroxyl groups excluding tert-OH is 2. The molecule has 79 heavy (non-hydrogen) atoms. The Morgan fingerprint density at radius 1 is 0.608 bits per heavy atom. The molecule has 0 unspecified atom stereocenters. The fourth-order valence-corrected chi connectivity index (χ4v) is 8.48. The molecule has 446 valence electrons. The van der Waals surface area contributed by atoms with Gasteiger partial charge >= 0.3 is 6.03 Å². The quantitative estimate of drug-likeness (QED) is 0.0392. The molecule has 1 saturated heterocycles. The predicted octanol–water partition coefficient (Wildman–Crippen LogP) is -4.14. The summed E-state index contributed by atoms with van der Waals surface area (Å²) in [5.41, 5.74) is 24.1. The van der Waals surface area contributed by atoms with Crippen LogP contribution in [0.4, 0.5) is 4.79 Å². The van der Waals surface area contributed by atoms with Gasteiger partial charge in [0.25, 0.3) is 0 Å². The van der Waals surface area contributed by atoms with E-state index < -0.39 is 139 Å². The molecule has 1 aromatic rings. The van der Waals surface area contributed by atoms with E-state index in [2.05, 4.69) is 65.4 Å². The van der Waals surface area contributed by atoms with Crippen molar-refractivity contribution in [2.75, 3.05) is 39.3 Å². The maximum atomic E-state index is 14.4. The lowest BCUT2D eigenvalue weighted by Gasteiger charge is -2.28. The van der Waals surface area contributed by atoms with E-state index in [1.54, 1.807) is 44.2 Å². The normalized spacial score (nSPS) is 22.9. The fourth-order valence-electron chi connectivity index (χ4n) is 8.48. The Labute approximate surface area is 463 Å². The fraction of sp³-hybridized carbons (Fsp3) is 0.692. The van der Waals surface area contributed by atoms with Gasteiger partial charge in [0, 0.05) is 19.5 Å². The summed E-state index contributed by atoms with van der Waals surface area (Å²) in [6.45, 7) is 7.47. The number of hydrogen-bond acceptors (Lipinski definition) is 16. The van der Waals surface area contributed by atoms with Gasteiger partial charge in [0.2, 0.25) is 53.2 Å². The van der Waals surface area contributed by atoms with Crippen molar-refractivity contribution >= 4 is 59.2 Å². The molecule has 27 heteroatoms. The minimum Gasteiger partial charge on any atom is -0.391 e. The molecule has 1 aliphatic heterocycles. The lowest BCUT2D eigenvalue weighted by molar-refractivity contribution is -0.136. The smallest absolute Gasteiger partial charge is 0.315 e. The van der Waals surface area contributed by atoms with E-state index in [1.165, 1.54) is 13.8 Å². The second kappa shape index (κ2) is 37.4. The lowest BCUT2D eigenvalue weighted by atomic mass is 10.00. The van der Waals surface area contributed by atoms with E-state index in [4.69, 9.17) is 22.9 Å². The zero-order valence-electron chi connectivity index (χ0n) is 46.5. The molecular weight excluding hydrogens is 1030 g/mol. The first-order valence-electron chi connectivity index (χ1n) is 27.6. The number of nitrogens with two attached hydrogens (primary N) is 4. The van der Waals surface area contributed by atoms with E-state index in [1.807, 2.05) is 0 Å². The van der Waals surface area contributed by atoms with Gasteiger partial charge in [-0.25, -0.2) is 4.79 Å². The molecule has 11 atom stereocenters. The summed E-state index contributed by atoms with van der Waals surface area (Å²) in [6.07, 6.45) is 1.70. The Hall–Kier alpha value is -6.52. The van der Waals surface area contributed by atoms with Crippen LogP contribution in [0.25, 0.3) is 0 Å². The number of amides is 11. The van der Waals surface area contributed by atoms with Crippen LogP contribution in [0, 0.1) is 5.92 Å². The number of carbonyl (C=O) groups excluding carboxylic acids is 10. The summed E-state index contributed by atoms with van der Waals surface area (Å²) < 4.78 is 0. The first kappa shape index (κ1) is 68.6. The van der Waals surface area contributed by atoms with Crippen LogP contribution >= 0.6 is 0 Å². The van der Waals surface area contributed by atoms with Crippen LogP contribution in [0.1, 0.15) is 117 Å². The van der Waals surface area contributed by atoms with Crippen LogP contribution in [-0.4, -0.2) is 175 Å². The highest BCUT2D eigenvalue weighted by Crippen LogP contribution is 2.11. The number of hydrogen-bond donors (Lipinski definition) is 17. The van der Waals surface area contributed by atoms with Crippen LogP contribution in [-0.2, 0) is 49.6 Å². The third-order valence-electron chi connectivity index (χ3n) is 12.9. The van der Waals surface area contributed by atoms with Gasteiger partial charge in [0.1, 0.15) is 54.4 Å². The number of aliphatic hydroxyl groups is 2. The lowest BCUT2D eigenvalue weighted by Crippen LogP contribution is -2.61. The van der Waals surface area contributed by atoms with Gasteiger partial charge in [-0.2, -0.15) is 0 Å². The number of nitrogens with one attached hydrogen (secondary N) is 11. The molecule has 1 fully saturated rings. The molecule has 1 aliphatic rings. The van der Waals surface area contributed by atoms with Gasteiger partial charge in [-0.1, -0.05) is 83.2 Å². The highest BCUT2D eigenvalue weighted by atomic mass is 16.3. The number of carbonyl (C=O) groups is 10. The number of unbranched alkanes of at least 4 members (excludes halogenated alkanes) is 5. The minimum atomic E-state index is -1.66. The number of rotatable bonds is 26.